The lowest BCUT2D eigenvalue weighted by Crippen LogP contribution is -2.19. The third-order valence-electron chi connectivity index (χ3n) is 3.41. The molecule has 0 radical (unpaired) electrons. The van der Waals surface area contributed by atoms with E-state index < -0.39 is 0 Å². The summed E-state index contributed by atoms with van der Waals surface area (Å²) in [5.74, 6) is 6.32. The van der Waals surface area contributed by atoms with Crippen LogP contribution in [0.4, 0.5) is 5.82 Å². The van der Waals surface area contributed by atoms with Gasteiger partial charge in [-0.1, -0.05) is 18.2 Å². The van der Waals surface area contributed by atoms with Crippen LogP contribution in [0.1, 0.15) is 11.1 Å². The van der Waals surface area contributed by atoms with Gasteiger partial charge in [0, 0.05) is 29.6 Å². The zero-order chi connectivity index (χ0) is 14.7. The van der Waals surface area contributed by atoms with Gasteiger partial charge in [-0.25, -0.2) is 10.8 Å². The number of nitrogens with zero attached hydrogens (tertiary/aromatic N) is 2. The molecule has 0 aliphatic carbocycles. The standard InChI is InChI=1S/C16H18N4O/c1-20(9-12-6-7-21-11-12)10-14-8-13-4-2-3-5-15(13)18-16(14)19-17/h2-8,11H,9-10,17H2,1H3,(H,18,19). The maximum absolute atomic E-state index is 5.61. The van der Waals surface area contributed by atoms with Crippen molar-refractivity contribution < 1.29 is 4.42 Å². The van der Waals surface area contributed by atoms with Crippen molar-refractivity contribution >= 4 is 16.7 Å². The third kappa shape index (κ3) is 3.04. The number of para-hydroxylation sites is 1. The summed E-state index contributed by atoms with van der Waals surface area (Å²) in [6.45, 7) is 1.57. The van der Waals surface area contributed by atoms with E-state index >= 15 is 0 Å². The Kier molecular flexibility index (Phi) is 3.85. The first-order valence-electron chi connectivity index (χ1n) is 6.81. The number of hydrazine groups is 1. The molecule has 5 nitrogen and oxygen atoms in total. The van der Waals surface area contributed by atoms with Gasteiger partial charge >= 0.3 is 0 Å². The van der Waals surface area contributed by atoms with Gasteiger partial charge in [-0.2, -0.15) is 0 Å². The van der Waals surface area contributed by atoms with Gasteiger partial charge in [0.25, 0.3) is 0 Å². The second-order valence-electron chi connectivity index (χ2n) is 5.14. The SMILES string of the molecule is CN(Cc1ccoc1)Cc1cc2ccccc2nc1NN. The van der Waals surface area contributed by atoms with Crippen LogP contribution in [0.25, 0.3) is 10.9 Å². The van der Waals surface area contributed by atoms with Crippen LogP contribution in [0.5, 0.6) is 0 Å². The summed E-state index contributed by atoms with van der Waals surface area (Å²) in [5, 5.41) is 1.11. The number of nitrogens with two attached hydrogens (primary N) is 1. The first-order chi connectivity index (χ1) is 10.3. The molecule has 5 heteroatoms. The number of furan rings is 1. The summed E-state index contributed by atoms with van der Waals surface area (Å²) in [4.78, 5) is 6.75. The Morgan fingerprint density at radius 3 is 2.86 bits per heavy atom. The Morgan fingerprint density at radius 2 is 2.10 bits per heavy atom. The highest BCUT2D eigenvalue weighted by Gasteiger charge is 2.09. The van der Waals surface area contributed by atoms with E-state index in [1.54, 1.807) is 12.5 Å². The first-order valence-corrected chi connectivity index (χ1v) is 6.81. The van der Waals surface area contributed by atoms with Crippen molar-refractivity contribution in [2.75, 3.05) is 12.5 Å². The van der Waals surface area contributed by atoms with Gasteiger partial charge in [0.2, 0.25) is 0 Å². The van der Waals surface area contributed by atoms with Crippen molar-refractivity contribution in [3.05, 3.63) is 60.1 Å². The number of benzene rings is 1. The molecule has 0 saturated carbocycles. The average Bonchev–Trinajstić information content (AvgIpc) is 2.99. The zero-order valence-corrected chi connectivity index (χ0v) is 11.9. The van der Waals surface area contributed by atoms with Crippen LogP contribution in [0.2, 0.25) is 0 Å². The van der Waals surface area contributed by atoms with Gasteiger partial charge < -0.3 is 9.84 Å². The monoisotopic (exact) mass is 282 g/mol. The van der Waals surface area contributed by atoms with Crippen LogP contribution < -0.4 is 11.3 Å². The molecule has 0 aliphatic rings. The number of anilines is 1. The van der Waals surface area contributed by atoms with Crippen molar-refractivity contribution in [1.82, 2.24) is 9.88 Å². The molecular weight excluding hydrogens is 264 g/mol. The number of aromatic nitrogens is 1. The molecule has 1 aromatic carbocycles. The fourth-order valence-corrected chi connectivity index (χ4v) is 2.45. The molecule has 21 heavy (non-hydrogen) atoms. The van der Waals surface area contributed by atoms with Crippen molar-refractivity contribution in [1.29, 1.82) is 0 Å². The summed E-state index contributed by atoms with van der Waals surface area (Å²) in [6.07, 6.45) is 3.45. The minimum absolute atomic E-state index is 0.716. The molecule has 0 saturated heterocycles. The van der Waals surface area contributed by atoms with Crippen molar-refractivity contribution in [3.8, 4) is 0 Å². The van der Waals surface area contributed by atoms with Crippen molar-refractivity contribution in [2.24, 2.45) is 5.84 Å². The fraction of sp³-hybridized carbons (Fsp3) is 0.188. The minimum atomic E-state index is 0.716. The van der Waals surface area contributed by atoms with Gasteiger partial charge in [0.15, 0.2) is 0 Å². The number of rotatable bonds is 5. The number of nitrogens with one attached hydrogen (secondary N) is 1. The highest BCUT2D eigenvalue weighted by Crippen LogP contribution is 2.21. The molecule has 2 heterocycles. The van der Waals surface area contributed by atoms with Gasteiger partial charge in [-0.15, -0.1) is 0 Å². The molecule has 0 atom stereocenters. The molecular formula is C16H18N4O. The predicted octanol–water partition coefficient (Wildman–Crippen LogP) is 2.75. The van der Waals surface area contributed by atoms with Crippen LogP contribution in [0.15, 0.2) is 53.3 Å². The summed E-state index contributed by atoms with van der Waals surface area (Å²) >= 11 is 0. The van der Waals surface area contributed by atoms with Gasteiger partial charge in [-0.3, -0.25) is 4.90 Å². The van der Waals surface area contributed by atoms with E-state index in [0.717, 1.165) is 35.1 Å². The summed E-state index contributed by atoms with van der Waals surface area (Å²) in [5.41, 5.74) is 5.85. The van der Waals surface area contributed by atoms with E-state index in [-0.39, 0.29) is 0 Å². The molecule has 108 valence electrons. The zero-order valence-electron chi connectivity index (χ0n) is 11.9. The number of pyridine rings is 1. The largest absolute Gasteiger partial charge is 0.472 e. The topological polar surface area (TPSA) is 67.3 Å². The molecule has 3 rings (SSSR count). The minimum Gasteiger partial charge on any atom is -0.472 e. The molecule has 0 aliphatic heterocycles. The normalized spacial score (nSPS) is 11.2. The Bertz CT molecular complexity index is 724. The Morgan fingerprint density at radius 1 is 1.24 bits per heavy atom. The lowest BCUT2D eigenvalue weighted by atomic mass is 10.1. The van der Waals surface area contributed by atoms with Crippen molar-refractivity contribution in [2.45, 2.75) is 13.1 Å². The Balaban J connectivity index is 1.84. The van der Waals surface area contributed by atoms with Crippen LogP contribution in [0.3, 0.4) is 0 Å². The van der Waals surface area contributed by atoms with Gasteiger partial charge in [0.1, 0.15) is 5.82 Å². The number of hydrogen-bond donors (Lipinski definition) is 2. The molecule has 3 N–H and O–H groups in total. The fourth-order valence-electron chi connectivity index (χ4n) is 2.45. The number of hydrogen-bond acceptors (Lipinski definition) is 5. The van der Waals surface area contributed by atoms with E-state index in [4.69, 9.17) is 10.3 Å². The van der Waals surface area contributed by atoms with Crippen LogP contribution in [0, 0.1) is 0 Å². The summed E-state index contributed by atoms with van der Waals surface area (Å²) in [7, 11) is 2.06. The molecule has 0 amide bonds. The second kappa shape index (κ2) is 5.95. The molecule has 2 aromatic heterocycles. The molecule has 0 unspecified atom stereocenters. The highest BCUT2D eigenvalue weighted by atomic mass is 16.3. The maximum atomic E-state index is 5.61. The smallest absolute Gasteiger partial charge is 0.145 e. The van der Waals surface area contributed by atoms with E-state index in [0.29, 0.717) is 5.82 Å². The van der Waals surface area contributed by atoms with E-state index in [9.17, 15) is 0 Å². The summed E-state index contributed by atoms with van der Waals surface area (Å²) in [6, 6.07) is 12.1. The molecule has 0 fully saturated rings. The molecule has 0 bridgehead atoms. The second-order valence-corrected chi connectivity index (χ2v) is 5.14. The number of nitrogen functional groups attached to an aromatic ring is 1. The lowest BCUT2D eigenvalue weighted by molar-refractivity contribution is 0.318. The molecule has 3 aromatic rings. The van der Waals surface area contributed by atoms with Gasteiger partial charge in [-0.05, 0) is 25.2 Å². The summed E-state index contributed by atoms with van der Waals surface area (Å²) < 4.78 is 5.10. The third-order valence-corrected chi connectivity index (χ3v) is 3.41. The highest BCUT2D eigenvalue weighted by molar-refractivity contribution is 5.81. The maximum Gasteiger partial charge on any atom is 0.145 e. The van der Waals surface area contributed by atoms with E-state index in [1.807, 2.05) is 24.3 Å². The molecule has 0 spiro atoms. The average molecular weight is 282 g/mol. The van der Waals surface area contributed by atoms with Gasteiger partial charge in [0.05, 0.1) is 18.0 Å². The van der Waals surface area contributed by atoms with E-state index in [1.165, 1.54) is 0 Å². The Labute approximate surface area is 123 Å². The Hall–Kier alpha value is -2.37. The first kappa shape index (κ1) is 13.6. The quantitative estimate of drug-likeness (QED) is 0.556. The van der Waals surface area contributed by atoms with Crippen LogP contribution in [-0.2, 0) is 13.1 Å². The predicted molar refractivity (Wildman–Crippen MR) is 83.4 cm³/mol. The lowest BCUT2D eigenvalue weighted by Gasteiger charge is -2.18. The van der Waals surface area contributed by atoms with Crippen molar-refractivity contribution in [3.63, 3.8) is 0 Å². The van der Waals surface area contributed by atoms with Crippen LogP contribution in [-0.4, -0.2) is 16.9 Å². The number of fused-ring (bicyclic) bond motifs is 1. The van der Waals surface area contributed by atoms with Crippen LogP contribution >= 0.6 is 0 Å². The van der Waals surface area contributed by atoms with E-state index in [2.05, 4.69) is 34.5 Å².